The molecule has 1 nitrogen and oxygen atoms in total. The third kappa shape index (κ3) is 1.54. The summed E-state index contributed by atoms with van der Waals surface area (Å²) in [6.07, 6.45) is 6.95. The van der Waals surface area contributed by atoms with Crippen molar-refractivity contribution in [3.05, 3.63) is 11.1 Å². The molecule has 2 rings (SSSR count). The van der Waals surface area contributed by atoms with Crippen molar-refractivity contribution in [2.24, 2.45) is 5.41 Å². The summed E-state index contributed by atoms with van der Waals surface area (Å²) in [4.78, 5) is 0. The number of nitrogens with one attached hydrogen (secondary N) is 1. The van der Waals surface area contributed by atoms with E-state index in [1.165, 1.54) is 45.2 Å². The normalized spacial score (nSPS) is 35.5. The Morgan fingerprint density at radius 1 is 1.15 bits per heavy atom. The van der Waals surface area contributed by atoms with Crippen LogP contribution in [0.2, 0.25) is 0 Å². The maximum Gasteiger partial charge on any atom is 0.00452 e. The Labute approximate surface area is 81.6 Å². The Morgan fingerprint density at radius 2 is 1.92 bits per heavy atom. The average Bonchev–Trinajstić information content (AvgIpc) is 2.16. The maximum atomic E-state index is 3.56. The molecule has 1 unspecified atom stereocenters. The first kappa shape index (κ1) is 9.26. The smallest absolute Gasteiger partial charge is 0.00452 e. The summed E-state index contributed by atoms with van der Waals surface area (Å²) in [7, 11) is 0. The summed E-state index contributed by atoms with van der Waals surface area (Å²) in [6.45, 7) is 7.15. The van der Waals surface area contributed by atoms with Gasteiger partial charge in [0, 0.05) is 12.0 Å². The van der Waals surface area contributed by atoms with Gasteiger partial charge in [-0.3, -0.25) is 0 Å². The molecule has 0 aromatic carbocycles. The van der Waals surface area contributed by atoms with Crippen LogP contribution < -0.4 is 5.32 Å². The molecule has 1 fully saturated rings. The molecule has 0 saturated carbocycles. The minimum absolute atomic E-state index is 0.556. The van der Waals surface area contributed by atoms with Crippen molar-refractivity contribution in [2.45, 2.75) is 46.0 Å². The van der Waals surface area contributed by atoms with Gasteiger partial charge < -0.3 is 5.32 Å². The van der Waals surface area contributed by atoms with Crippen molar-refractivity contribution in [2.75, 3.05) is 13.1 Å². The van der Waals surface area contributed by atoms with E-state index in [1.54, 1.807) is 11.1 Å². The molecule has 1 atom stereocenters. The molecule has 1 saturated heterocycles. The van der Waals surface area contributed by atoms with Crippen LogP contribution in [0.5, 0.6) is 0 Å². The second kappa shape index (κ2) is 3.45. The topological polar surface area (TPSA) is 12.0 Å². The fraction of sp³-hybridized carbons (Fsp3) is 0.833. The van der Waals surface area contributed by atoms with E-state index >= 15 is 0 Å². The molecular formula is C12H21N. The molecule has 1 spiro atoms. The van der Waals surface area contributed by atoms with E-state index < -0.39 is 0 Å². The number of piperidine rings is 1. The summed E-state index contributed by atoms with van der Waals surface area (Å²) < 4.78 is 0. The Morgan fingerprint density at radius 3 is 2.62 bits per heavy atom. The van der Waals surface area contributed by atoms with Gasteiger partial charge in [0.1, 0.15) is 0 Å². The van der Waals surface area contributed by atoms with Gasteiger partial charge in [0.15, 0.2) is 0 Å². The van der Waals surface area contributed by atoms with Crippen LogP contribution in [0.15, 0.2) is 11.1 Å². The van der Waals surface area contributed by atoms with Crippen molar-refractivity contribution in [1.29, 1.82) is 0 Å². The van der Waals surface area contributed by atoms with E-state index in [1.807, 2.05) is 0 Å². The van der Waals surface area contributed by atoms with Crippen molar-refractivity contribution in [3.8, 4) is 0 Å². The molecule has 0 bridgehead atoms. The van der Waals surface area contributed by atoms with Crippen LogP contribution in [0.25, 0.3) is 0 Å². The predicted octanol–water partition coefficient (Wildman–Crippen LogP) is 2.88. The maximum absolute atomic E-state index is 3.56. The van der Waals surface area contributed by atoms with Crippen molar-refractivity contribution >= 4 is 0 Å². The largest absolute Gasteiger partial charge is 0.316 e. The first-order chi connectivity index (χ1) is 6.25. The molecule has 1 N–H and O–H groups in total. The van der Waals surface area contributed by atoms with E-state index in [0.717, 1.165) is 0 Å². The predicted molar refractivity (Wildman–Crippen MR) is 56.8 cm³/mol. The lowest BCUT2D eigenvalue weighted by Crippen LogP contribution is -2.42. The molecule has 0 aromatic heterocycles. The lowest BCUT2D eigenvalue weighted by molar-refractivity contribution is 0.222. The van der Waals surface area contributed by atoms with Gasteiger partial charge >= 0.3 is 0 Å². The quantitative estimate of drug-likeness (QED) is 0.564. The summed E-state index contributed by atoms with van der Waals surface area (Å²) in [5.41, 5.74) is 3.92. The molecule has 1 aliphatic heterocycles. The first-order valence-corrected chi connectivity index (χ1v) is 5.62. The van der Waals surface area contributed by atoms with Gasteiger partial charge in [-0.2, -0.15) is 0 Å². The van der Waals surface area contributed by atoms with Gasteiger partial charge in [0.25, 0.3) is 0 Å². The third-order valence-corrected chi connectivity index (χ3v) is 4.12. The highest BCUT2D eigenvalue weighted by atomic mass is 14.9. The van der Waals surface area contributed by atoms with Crippen LogP contribution in [0.4, 0.5) is 0 Å². The zero-order valence-corrected chi connectivity index (χ0v) is 8.95. The highest BCUT2D eigenvalue weighted by Gasteiger charge is 2.35. The lowest BCUT2D eigenvalue weighted by atomic mass is 9.67. The van der Waals surface area contributed by atoms with Crippen LogP contribution in [-0.2, 0) is 0 Å². The first-order valence-electron chi connectivity index (χ1n) is 5.62. The SMILES string of the molecule is CC1=C(C)C2(CCCNC2)CCC1. The molecule has 0 aromatic rings. The van der Waals surface area contributed by atoms with Gasteiger partial charge in [0.05, 0.1) is 0 Å². The van der Waals surface area contributed by atoms with Crippen molar-refractivity contribution in [1.82, 2.24) is 5.32 Å². The number of hydrogen-bond acceptors (Lipinski definition) is 1. The fourth-order valence-corrected chi connectivity index (χ4v) is 3.02. The molecule has 1 aliphatic carbocycles. The molecule has 74 valence electrons. The minimum atomic E-state index is 0.556. The molecule has 13 heavy (non-hydrogen) atoms. The monoisotopic (exact) mass is 179 g/mol. The fourth-order valence-electron chi connectivity index (χ4n) is 3.02. The second-order valence-electron chi connectivity index (χ2n) is 4.82. The van der Waals surface area contributed by atoms with Crippen molar-refractivity contribution < 1.29 is 0 Å². The molecule has 0 amide bonds. The summed E-state index contributed by atoms with van der Waals surface area (Å²) in [5.74, 6) is 0. The summed E-state index contributed by atoms with van der Waals surface area (Å²) >= 11 is 0. The summed E-state index contributed by atoms with van der Waals surface area (Å²) in [5, 5.41) is 3.56. The van der Waals surface area contributed by atoms with Gasteiger partial charge in [-0.05, 0) is 52.5 Å². The van der Waals surface area contributed by atoms with E-state index in [0.29, 0.717) is 5.41 Å². The number of allylic oxidation sites excluding steroid dienone is 1. The molecule has 1 heterocycles. The lowest BCUT2D eigenvalue weighted by Gasteiger charge is -2.42. The Kier molecular flexibility index (Phi) is 2.46. The standard InChI is InChI=1S/C12H21N/c1-10-5-3-6-12(11(10)2)7-4-8-13-9-12/h13H,3-9H2,1-2H3. The average molecular weight is 179 g/mol. The van der Waals surface area contributed by atoms with Gasteiger partial charge in [0.2, 0.25) is 0 Å². The van der Waals surface area contributed by atoms with E-state index in [9.17, 15) is 0 Å². The number of rotatable bonds is 0. The second-order valence-corrected chi connectivity index (χ2v) is 4.82. The van der Waals surface area contributed by atoms with E-state index in [2.05, 4.69) is 19.2 Å². The highest BCUT2D eigenvalue weighted by molar-refractivity contribution is 5.23. The van der Waals surface area contributed by atoms with E-state index in [-0.39, 0.29) is 0 Å². The zero-order valence-electron chi connectivity index (χ0n) is 8.95. The zero-order chi connectivity index (χ0) is 9.31. The van der Waals surface area contributed by atoms with Gasteiger partial charge in [-0.25, -0.2) is 0 Å². The van der Waals surface area contributed by atoms with Crippen LogP contribution in [-0.4, -0.2) is 13.1 Å². The minimum Gasteiger partial charge on any atom is -0.316 e. The number of hydrogen-bond donors (Lipinski definition) is 1. The van der Waals surface area contributed by atoms with Gasteiger partial charge in [-0.15, -0.1) is 0 Å². The molecular weight excluding hydrogens is 158 g/mol. The van der Waals surface area contributed by atoms with E-state index in [4.69, 9.17) is 0 Å². The molecule has 1 heteroatoms. The highest BCUT2D eigenvalue weighted by Crippen LogP contribution is 2.44. The van der Waals surface area contributed by atoms with Crippen LogP contribution in [0.1, 0.15) is 46.0 Å². The van der Waals surface area contributed by atoms with Crippen LogP contribution in [0, 0.1) is 5.41 Å². The van der Waals surface area contributed by atoms with Gasteiger partial charge in [-0.1, -0.05) is 11.1 Å². The van der Waals surface area contributed by atoms with Crippen LogP contribution >= 0.6 is 0 Å². The molecule has 2 aliphatic rings. The summed E-state index contributed by atoms with van der Waals surface area (Å²) in [6, 6.07) is 0. The Bertz CT molecular complexity index is 221. The van der Waals surface area contributed by atoms with Crippen LogP contribution in [0.3, 0.4) is 0 Å². The molecule has 0 radical (unpaired) electrons. The third-order valence-electron chi connectivity index (χ3n) is 4.12. The Balaban J connectivity index is 2.24. The Hall–Kier alpha value is -0.300. The van der Waals surface area contributed by atoms with Crippen molar-refractivity contribution in [3.63, 3.8) is 0 Å².